The molecule has 35 heavy (non-hydrogen) atoms. The molecule has 0 aliphatic carbocycles. The molecule has 1 aliphatic rings. The van der Waals surface area contributed by atoms with Crippen LogP contribution in [0.25, 0.3) is 0 Å². The standard InChI is InChI=1S/6Na.H6O18P6.O4Si/c;;;;;;1-19(2)13-20(3,4)15-22(7,8)17-24(11,12)18-23(9,10)16-21(5,6)14-19;1-5(2,3)4/h;;;;;;(H,1,2)(H,3,4)(H,5,6)(H,7,8)(H,9,10)(H,11,12);/q6*+1;;-4/p-6. The molecule has 0 bridgehead atoms. The van der Waals surface area contributed by atoms with Crippen molar-refractivity contribution in [2.45, 2.75) is 0 Å². The van der Waals surface area contributed by atoms with Crippen molar-refractivity contribution in [2.24, 2.45) is 0 Å². The normalized spacial score (nSPS) is 39.6. The zero-order valence-electron chi connectivity index (χ0n) is 18.2. The maximum atomic E-state index is 11.0. The minimum atomic E-state index is -6.56. The van der Waals surface area contributed by atoms with Crippen LogP contribution in [-0.2, 0) is 53.3 Å². The Morgan fingerprint density at radius 3 is 0.457 bits per heavy atom. The summed E-state index contributed by atoms with van der Waals surface area (Å²) in [7, 11) is -44.9. The molecule has 0 N–H and O–H groups in total. The molecule has 0 aromatic rings. The summed E-state index contributed by atoms with van der Waals surface area (Å²) in [6, 6.07) is 0. The van der Waals surface area contributed by atoms with Crippen molar-refractivity contribution in [1.82, 2.24) is 0 Å². The first-order valence-corrected chi connectivity index (χ1v) is 15.6. The third-order valence-corrected chi connectivity index (χ3v) is 10.8. The molecule has 0 aromatic heterocycles. The van der Waals surface area contributed by atoms with Crippen molar-refractivity contribution < 1.29 is 279 Å². The van der Waals surface area contributed by atoms with Crippen LogP contribution in [0.1, 0.15) is 0 Å². The Morgan fingerprint density at radius 1 is 0.343 bits per heavy atom. The number of phosphoric acid groups is 6. The van der Waals surface area contributed by atoms with Crippen LogP contribution < -0.4 is 226 Å². The predicted molar refractivity (Wildman–Crippen MR) is 57.9 cm³/mol. The fraction of sp³-hybridized carbons (Fsp3) is 0. The van der Waals surface area contributed by atoms with E-state index in [1.54, 1.807) is 0 Å². The van der Waals surface area contributed by atoms with Gasteiger partial charge in [-0.1, -0.05) is 0 Å². The van der Waals surface area contributed by atoms with Crippen LogP contribution in [0.4, 0.5) is 0 Å². The summed E-state index contributed by atoms with van der Waals surface area (Å²) in [4.78, 5) is 100. The molecule has 1 aliphatic heterocycles. The molecule has 0 saturated carbocycles. The molecule has 0 radical (unpaired) electrons. The van der Waals surface area contributed by atoms with E-state index >= 15 is 0 Å². The summed E-state index contributed by atoms with van der Waals surface area (Å²) in [5.74, 6) is 0. The monoisotopic (exact) mass is 704 g/mol. The van der Waals surface area contributed by atoms with E-state index in [1.165, 1.54) is 0 Å². The average Bonchev–Trinajstić information content (AvgIpc) is 2.10. The van der Waals surface area contributed by atoms with Gasteiger partial charge in [0.1, 0.15) is 0 Å². The summed E-state index contributed by atoms with van der Waals surface area (Å²) in [5.41, 5.74) is 0. The fourth-order valence-electron chi connectivity index (χ4n) is 0.824. The van der Waals surface area contributed by atoms with E-state index in [9.17, 15) is 56.8 Å². The Bertz CT molecular complexity index is 681. The minimum absolute atomic E-state index is 0. The van der Waals surface area contributed by atoms with Gasteiger partial charge in [-0.15, -0.1) is 0 Å². The molecule has 1 rings (SSSR count). The molecule has 1 heterocycles. The fourth-order valence-corrected chi connectivity index (χ4v) is 9.03. The molecule has 0 atom stereocenters. The second kappa shape index (κ2) is 21.7. The topological polar surface area (TPSA) is 388 Å². The Hall–Kier alpha value is 6.96. The molecule has 1 saturated heterocycles. The van der Waals surface area contributed by atoms with E-state index < -0.39 is 56.0 Å². The smallest absolute Gasteiger partial charge is 0.894 e. The van der Waals surface area contributed by atoms with Crippen LogP contribution >= 0.6 is 46.9 Å². The van der Waals surface area contributed by atoms with Crippen LogP contribution in [0.3, 0.4) is 0 Å². The summed E-state index contributed by atoms with van der Waals surface area (Å²) < 4.78 is 83.4. The van der Waals surface area contributed by atoms with Gasteiger partial charge in [0.25, 0.3) is 46.9 Å². The summed E-state index contributed by atoms with van der Waals surface area (Å²) in [6.07, 6.45) is 0. The van der Waals surface area contributed by atoms with Crippen molar-refractivity contribution >= 4 is 56.0 Å². The minimum Gasteiger partial charge on any atom is -0.894 e. The first-order valence-electron chi connectivity index (χ1n) is 5.20. The van der Waals surface area contributed by atoms with Gasteiger partial charge in [0, 0.05) is 0 Å². The molecular weight excluding hydrogens is 704 g/mol. The van der Waals surface area contributed by atoms with Crippen LogP contribution in [0.2, 0.25) is 0 Å². The molecule has 1 fully saturated rings. The summed E-state index contributed by atoms with van der Waals surface area (Å²) in [5, 5.41) is 0. The maximum absolute atomic E-state index is 11.0. The van der Waals surface area contributed by atoms with E-state index in [-0.39, 0.29) is 177 Å². The van der Waals surface area contributed by atoms with Crippen molar-refractivity contribution in [3.05, 3.63) is 0 Å². The number of rotatable bonds is 0. The van der Waals surface area contributed by atoms with Crippen LogP contribution in [0.5, 0.6) is 0 Å². The zero-order valence-corrected chi connectivity index (χ0v) is 36.5. The van der Waals surface area contributed by atoms with Gasteiger partial charge in [-0.2, -0.15) is 0 Å². The van der Waals surface area contributed by atoms with Crippen molar-refractivity contribution in [1.29, 1.82) is 0 Å². The molecule has 35 heteroatoms. The first-order chi connectivity index (χ1) is 12.2. The third kappa shape index (κ3) is 33.7. The Labute approximate surface area is 329 Å². The average molecular weight is 704 g/mol. The third-order valence-electron chi connectivity index (χ3n) is 1.20. The molecular formula is Na6O22P6Si-4. The van der Waals surface area contributed by atoms with E-state index in [2.05, 4.69) is 25.9 Å². The van der Waals surface area contributed by atoms with Gasteiger partial charge < -0.3 is 57.6 Å². The molecule has 0 aromatic carbocycles. The van der Waals surface area contributed by atoms with E-state index in [0.717, 1.165) is 0 Å². The summed E-state index contributed by atoms with van der Waals surface area (Å²) >= 11 is 0. The van der Waals surface area contributed by atoms with Crippen LogP contribution in [0, 0.1) is 0 Å². The summed E-state index contributed by atoms with van der Waals surface area (Å²) in [6.45, 7) is 0. The number of hydrogen-bond acceptors (Lipinski definition) is 22. The first kappa shape index (κ1) is 57.6. The quantitative estimate of drug-likeness (QED) is 0.167. The number of hydrogen-bond donors (Lipinski definition) is 0. The van der Waals surface area contributed by atoms with Gasteiger partial charge >= 0.3 is 177 Å². The van der Waals surface area contributed by atoms with Crippen LogP contribution in [0.15, 0.2) is 0 Å². The second-order valence-corrected chi connectivity index (χ2v) is 14.0. The van der Waals surface area contributed by atoms with Gasteiger partial charge in [-0.05, 0) is 0 Å². The van der Waals surface area contributed by atoms with Gasteiger partial charge in [-0.25, -0.2) is 25.9 Å². The van der Waals surface area contributed by atoms with Gasteiger partial charge in [0.15, 0.2) is 0 Å². The largest absolute Gasteiger partial charge is 1.00 e. The Kier molecular flexibility index (Phi) is 35.6. The zero-order chi connectivity index (χ0) is 23.7. The second-order valence-electron chi connectivity index (χ2n) is 3.67. The van der Waals surface area contributed by atoms with Crippen LogP contribution in [-0.4, -0.2) is 9.05 Å². The van der Waals surface area contributed by atoms with Gasteiger partial charge in [-0.3, -0.25) is 27.4 Å². The molecule has 0 amide bonds. The maximum Gasteiger partial charge on any atom is 1.00 e. The van der Waals surface area contributed by atoms with Gasteiger partial charge in [0.2, 0.25) is 0 Å². The van der Waals surface area contributed by atoms with Crippen molar-refractivity contribution in [3.8, 4) is 0 Å². The Morgan fingerprint density at radius 2 is 0.400 bits per heavy atom. The molecule has 22 nitrogen and oxygen atoms in total. The van der Waals surface area contributed by atoms with E-state index in [4.69, 9.17) is 19.2 Å². The van der Waals surface area contributed by atoms with Gasteiger partial charge in [0.05, 0.1) is 0 Å². The molecule has 0 spiro atoms. The molecule has 0 unspecified atom stereocenters. The SMILES string of the molecule is O=P1([O-])OP(=O)([O-])OP(=O)([O-])OP(=O)([O-])OP(=O)([O-])OP(=O)([O-])O1.[Na+].[Na+].[Na+].[Na+].[Na+].[Na+].[O-][Si]([O-])([O-])[O-]. The van der Waals surface area contributed by atoms with Crippen molar-refractivity contribution in [2.75, 3.05) is 0 Å². The van der Waals surface area contributed by atoms with Crippen molar-refractivity contribution in [3.63, 3.8) is 0 Å². The molecule has 176 valence electrons. The van der Waals surface area contributed by atoms with E-state index in [1.807, 2.05) is 0 Å². The van der Waals surface area contributed by atoms with E-state index in [0.29, 0.717) is 0 Å². The Balaban J connectivity index is -0.000000130. The predicted octanol–water partition coefficient (Wildman–Crippen LogP) is -26.2.